The van der Waals surface area contributed by atoms with E-state index in [0.717, 1.165) is 11.8 Å². The van der Waals surface area contributed by atoms with Gasteiger partial charge >= 0.3 is 0 Å². The van der Waals surface area contributed by atoms with Gasteiger partial charge < -0.3 is 10.1 Å². The van der Waals surface area contributed by atoms with Crippen molar-refractivity contribution < 1.29 is 4.74 Å². The molecule has 0 radical (unpaired) electrons. The molecule has 0 bridgehead atoms. The van der Waals surface area contributed by atoms with Crippen LogP contribution in [0.4, 0.5) is 0 Å². The Kier molecular flexibility index (Phi) is 4.04. The minimum Gasteiger partial charge on any atom is -0.380 e. The fourth-order valence-electron chi connectivity index (χ4n) is 3.22. The van der Waals surface area contributed by atoms with Crippen molar-refractivity contribution in [3.63, 3.8) is 0 Å². The van der Waals surface area contributed by atoms with Crippen molar-refractivity contribution in [1.29, 1.82) is 0 Å². The Bertz CT molecular complexity index is 185. The van der Waals surface area contributed by atoms with E-state index < -0.39 is 0 Å². The predicted molar refractivity (Wildman–Crippen MR) is 62.9 cm³/mol. The third-order valence-corrected chi connectivity index (χ3v) is 4.20. The second-order valence-corrected chi connectivity index (χ2v) is 5.25. The Morgan fingerprint density at radius 3 is 2.13 bits per heavy atom. The number of hydrogen-bond acceptors (Lipinski definition) is 2. The Morgan fingerprint density at radius 2 is 1.67 bits per heavy atom. The maximum Gasteiger partial charge on any atom is 0.0754 e. The zero-order valence-corrected chi connectivity index (χ0v) is 10.2. The molecule has 0 heterocycles. The third kappa shape index (κ3) is 2.73. The summed E-state index contributed by atoms with van der Waals surface area (Å²) in [6.45, 7) is 0. The zero-order valence-electron chi connectivity index (χ0n) is 10.2. The molecule has 15 heavy (non-hydrogen) atoms. The number of likely N-dealkylation sites (N-methyl/N-ethyl adjacent to an activating group) is 1. The normalized spacial score (nSPS) is 27.6. The van der Waals surface area contributed by atoms with Gasteiger partial charge in [0, 0.05) is 13.2 Å². The van der Waals surface area contributed by atoms with E-state index in [1.807, 2.05) is 7.11 Å². The molecule has 2 aliphatic carbocycles. The minimum absolute atomic E-state index is 0.470. The summed E-state index contributed by atoms with van der Waals surface area (Å²) in [7, 11) is 3.99. The van der Waals surface area contributed by atoms with Crippen LogP contribution in [0.2, 0.25) is 0 Å². The van der Waals surface area contributed by atoms with Gasteiger partial charge in [-0.15, -0.1) is 0 Å². The Labute approximate surface area is 93.8 Å². The van der Waals surface area contributed by atoms with Crippen LogP contribution in [0.1, 0.15) is 44.9 Å². The van der Waals surface area contributed by atoms with Crippen molar-refractivity contribution in [3.05, 3.63) is 0 Å². The molecule has 0 spiro atoms. The van der Waals surface area contributed by atoms with Crippen LogP contribution in [-0.2, 0) is 4.74 Å². The van der Waals surface area contributed by atoms with E-state index in [1.165, 1.54) is 44.9 Å². The fraction of sp³-hybridized carbons (Fsp3) is 1.00. The molecule has 88 valence electrons. The molecular weight excluding hydrogens is 186 g/mol. The van der Waals surface area contributed by atoms with E-state index in [9.17, 15) is 0 Å². The van der Waals surface area contributed by atoms with Crippen molar-refractivity contribution in [2.24, 2.45) is 11.8 Å². The molecule has 0 aromatic rings. The minimum atomic E-state index is 0.470. The second-order valence-electron chi connectivity index (χ2n) is 5.25. The van der Waals surface area contributed by atoms with Gasteiger partial charge in [-0.2, -0.15) is 0 Å². The SMILES string of the molecule is CNC(C1CCCCC1)C(OC)C1CC1. The van der Waals surface area contributed by atoms with Crippen molar-refractivity contribution in [1.82, 2.24) is 5.32 Å². The van der Waals surface area contributed by atoms with Gasteiger partial charge in [-0.3, -0.25) is 0 Å². The summed E-state index contributed by atoms with van der Waals surface area (Å²) in [6.07, 6.45) is 10.3. The summed E-state index contributed by atoms with van der Waals surface area (Å²) >= 11 is 0. The number of ether oxygens (including phenoxy) is 1. The lowest BCUT2D eigenvalue weighted by Crippen LogP contribution is -2.46. The van der Waals surface area contributed by atoms with Crippen LogP contribution < -0.4 is 5.32 Å². The first-order chi connectivity index (χ1) is 7.36. The first kappa shape index (κ1) is 11.4. The summed E-state index contributed by atoms with van der Waals surface area (Å²) < 4.78 is 5.72. The molecule has 2 fully saturated rings. The standard InChI is InChI=1S/C13H25NO/c1-14-12(10-6-4-3-5-7-10)13(15-2)11-8-9-11/h10-14H,3-9H2,1-2H3. The molecule has 2 nitrogen and oxygen atoms in total. The molecule has 1 N–H and O–H groups in total. The largest absolute Gasteiger partial charge is 0.380 e. The summed E-state index contributed by atoms with van der Waals surface area (Å²) in [5, 5.41) is 3.52. The van der Waals surface area contributed by atoms with E-state index >= 15 is 0 Å². The molecule has 2 heteroatoms. The summed E-state index contributed by atoms with van der Waals surface area (Å²) in [6, 6.07) is 0.600. The summed E-state index contributed by atoms with van der Waals surface area (Å²) in [5.74, 6) is 1.70. The van der Waals surface area contributed by atoms with E-state index in [4.69, 9.17) is 4.74 Å². The molecule has 2 atom stereocenters. The summed E-state index contributed by atoms with van der Waals surface area (Å²) in [4.78, 5) is 0. The molecule has 2 saturated carbocycles. The van der Waals surface area contributed by atoms with E-state index in [0.29, 0.717) is 12.1 Å². The molecule has 0 aromatic carbocycles. The lowest BCUT2D eigenvalue weighted by Gasteiger charge is -2.35. The van der Waals surface area contributed by atoms with Crippen LogP contribution in [-0.4, -0.2) is 26.3 Å². The van der Waals surface area contributed by atoms with Crippen molar-refractivity contribution in [2.45, 2.75) is 57.1 Å². The van der Waals surface area contributed by atoms with Crippen molar-refractivity contribution in [3.8, 4) is 0 Å². The lowest BCUT2D eigenvalue weighted by molar-refractivity contribution is 0.0269. The van der Waals surface area contributed by atoms with Crippen molar-refractivity contribution in [2.75, 3.05) is 14.2 Å². The number of nitrogens with one attached hydrogen (secondary N) is 1. The van der Waals surface area contributed by atoms with Gasteiger partial charge in [0.2, 0.25) is 0 Å². The van der Waals surface area contributed by atoms with Crippen LogP contribution >= 0.6 is 0 Å². The van der Waals surface area contributed by atoms with Gasteiger partial charge in [0.15, 0.2) is 0 Å². The van der Waals surface area contributed by atoms with Crippen LogP contribution in [0.25, 0.3) is 0 Å². The zero-order chi connectivity index (χ0) is 10.7. The molecule has 0 saturated heterocycles. The topological polar surface area (TPSA) is 21.3 Å². The first-order valence-corrected chi connectivity index (χ1v) is 6.57. The summed E-state index contributed by atoms with van der Waals surface area (Å²) in [5.41, 5.74) is 0. The highest BCUT2D eigenvalue weighted by atomic mass is 16.5. The molecule has 2 unspecified atom stereocenters. The monoisotopic (exact) mass is 211 g/mol. The molecule has 0 aromatic heterocycles. The van der Waals surface area contributed by atoms with Crippen LogP contribution in [0.5, 0.6) is 0 Å². The second kappa shape index (κ2) is 5.31. The van der Waals surface area contributed by atoms with E-state index in [-0.39, 0.29) is 0 Å². The Hall–Kier alpha value is -0.0800. The number of hydrogen-bond donors (Lipinski definition) is 1. The van der Waals surface area contributed by atoms with Gasteiger partial charge in [-0.05, 0) is 44.6 Å². The predicted octanol–water partition coefficient (Wildman–Crippen LogP) is 2.58. The highest BCUT2D eigenvalue weighted by molar-refractivity contribution is 4.93. The van der Waals surface area contributed by atoms with Crippen LogP contribution in [0, 0.1) is 11.8 Å². The van der Waals surface area contributed by atoms with Gasteiger partial charge in [-0.25, -0.2) is 0 Å². The maximum atomic E-state index is 5.72. The van der Waals surface area contributed by atoms with E-state index in [1.54, 1.807) is 0 Å². The number of methoxy groups -OCH3 is 1. The van der Waals surface area contributed by atoms with Gasteiger partial charge in [0.05, 0.1) is 6.10 Å². The van der Waals surface area contributed by atoms with E-state index in [2.05, 4.69) is 12.4 Å². The molecule has 0 aliphatic heterocycles. The maximum absolute atomic E-state index is 5.72. The molecule has 2 rings (SSSR count). The molecular formula is C13H25NO. The fourth-order valence-corrected chi connectivity index (χ4v) is 3.22. The van der Waals surface area contributed by atoms with Crippen LogP contribution in [0.3, 0.4) is 0 Å². The number of rotatable bonds is 5. The third-order valence-electron chi connectivity index (χ3n) is 4.20. The highest BCUT2D eigenvalue weighted by Crippen LogP contribution is 2.39. The average Bonchev–Trinajstić information content (AvgIpc) is 3.11. The Balaban J connectivity index is 1.93. The quantitative estimate of drug-likeness (QED) is 0.754. The van der Waals surface area contributed by atoms with Gasteiger partial charge in [0.1, 0.15) is 0 Å². The van der Waals surface area contributed by atoms with Gasteiger partial charge in [0.25, 0.3) is 0 Å². The Morgan fingerprint density at radius 1 is 1.00 bits per heavy atom. The van der Waals surface area contributed by atoms with Gasteiger partial charge in [-0.1, -0.05) is 19.3 Å². The molecule has 0 amide bonds. The highest BCUT2D eigenvalue weighted by Gasteiger charge is 2.39. The molecule has 2 aliphatic rings. The average molecular weight is 211 g/mol. The van der Waals surface area contributed by atoms with Crippen molar-refractivity contribution >= 4 is 0 Å². The smallest absolute Gasteiger partial charge is 0.0754 e. The first-order valence-electron chi connectivity index (χ1n) is 6.57. The lowest BCUT2D eigenvalue weighted by atomic mass is 9.81. The van der Waals surface area contributed by atoms with Crippen LogP contribution in [0.15, 0.2) is 0 Å².